The summed E-state index contributed by atoms with van der Waals surface area (Å²) in [6, 6.07) is 24.5. The lowest BCUT2D eigenvalue weighted by molar-refractivity contribution is -0.121. The van der Waals surface area contributed by atoms with Crippen molar-refractivity contribution < 1.29 is 81.7 Å². The van der Waals surface area contributed by atoms with Crippen molar-refractivity contribution in [2.75, 3.05) is 73.7 Å². The number of morpholine rings is 1. The maximum absolute atomic E-state index is 14.4. The molecule has 3 aliphatic heterocycles. The van der Waals surface area contributed by atoms with E-state index in [1.807, 2.05) is 4.90 Å². The Morgan fingerprint density at radius 3 is 1.10 bits per heavy atom. The minimum atomic E-state index is -0.961. The van der Waals surface area contributed by atoms with Crippen molar-refractivity contribution in [1.29, 1.82) is 0 Å². The van der Waals surface area contributed by atoms with Gasteiger partial charge in [0, 0.05) is 77.8 Å². The van der Waals surface area contributed by atoms with Gasteiger partial charge in [-0.3, -0.25) is 44.5 Å². The number of anilines is 4. The number of halogens is 12. The molecule has 1 aliphatic carbocycles. The SMILES string of the molecule is O=C(CC1CC1)Nc1cc2c(/C=C/c3ccc(F)c(F)c3)n[nH]c2cc1F.O=C(CN1CCOCC1)Nc1cc2c(/C=C/c3ccc(F)c(F)c3)n[nH]c2cc1F.O=C(Nc1cc2c(/C=C/c3ccc(F)c(F)c3)n[nH]c2cc1F)C1CCNCC1.O=C(Nc1cc2c(/C=C/c3ccc(F)c(F)c3)n[nH]c2cc1F)[C@@H]1C[C@@H](O)CN1. The molecule has 8 aromatic carbocycles. The van der Waals surface area contributed by atoms with Gasteiger partial charge in [0.25, 0.3) is 0 Å². The first-order chi connectivity index (χ1) is 55.4. The van der Waals surface area contributed by atoms with E-state index < -0.39 is 87.9 Å². The summed E-state index contributed by atoms with van der Waals surface area (Å²) in [6.07, 6.45) is 16.2. The molecule has 0 unspecified atom stereocenters. The van der Waals surface area contributed by atoms with E-state index in [-0.39, 0.29) is 59.4 Å². The predicted molar refractivity (Wildman–Crippen MR) is 412 cm³/mol. The Balaban J connectivity index is 0.000000134. The summed E-state index contributed by atoms with van der Waals surface area (Å²) in [5.41, 5.74) is 5.71. The molecule has 7 heterocycles. The highest BCUT2D eigenvalue weighted by molar-refractivity contribution is 6.02. The fraction of sp³-hybridized carbons (Fsp3) is 0.220. The highest BCUT2D eigenvalue weighted by Crippen LogP contribution is 2.35. The van der Waals surface area contributed by atoms with Crippen LogP contribution in [0.5, 0.6) is 0 Å². The number of aliphatic hydroxyl groups is 1. The Kier molecular flexibility index (Phi) is 25.5. The van der Waals surface area contributed by atoms with Gasteiger partial charge in [-0.2, -0.15) is 20.4 Å². The largest absolute Gasteiger partial charge is 0.392 e. The van der Waals surface area contributed by atoms with Gasteiger partial charge in [0.2, 0.25) is 23.6 Å². The topological polar surface area (TPSA) is 288 Å². The zero-order chi connectivity index (χ0) is 81.0. The van der Waals surface area contributed by atoms with Gasteiger partial charge < -0.3 is 41.7 Å². The first-order valence-corrected chi connectivity index (χ1v) is 36.3. The van der Waals surface area contributed by atoms with Crippen molar-refractivity contribution in [2.24, 2.45) is 11.8 Å². The molecule has 0 spiro atoms. The van der Waals surface area contributed by atoms with Crippen molar-refractivity contribution in [1.82, 2.24) is 56.3 Å². The zero-order valence-electron chi connectivity index (χ0n) is 60.6. The van der Waals surface area contributed by atoms with Crippen LogP contribution in [0.2, 0.25) is 0 Å². The van der Waals surface area contributed by atoms with E-state index in [4.69, 9.17) is 4.74 Å². The molecule has 4 aromatic heterocycles. The third kappa shape index (κ3) is 20.8. The number of rotatable bonds is 18. The minimum Gasteiger partial charge on any atom is -0.392 e. The van der Waals surface area contributed by atoms with Gasteiger partial charge >= 0.3 is 0 Å². The summed E-state index contributed by atoms with van der Waals surface area (Å²) < 4.78 is 168. The number of carbonyl (C=O) groups is 4. The van der Waals surface area contributed by atoms with E-state index in [0.717, 1.165) is 74.5 Å². The smallest absolute Gasteiger partial charge is 0.241 e. The predicted octanol–water partition coefficient (Wildman–Crippen LogP) is 15.2. The molecule has 3 saturated heterocycles. The van der Waals surface area contributed by atoms with E-state index in [1.165, 1.54) is 72.8 Å². The van der Waals surface area contributed by atoms with Gasteiger partial charge in [-0.15, -0.1) is 0 Å². The number of fused-ring (bicyclic) bond motifs is 4. The van der Waals surface area contributed by atoms with Gasteiger partial charge in [0.15, 0.2) is 46.5 Å². The highest BCUT2D eigenvalue weighted by Gasteiger charge is 2.30. The van der Waals surface area contributed by atoms with Crippen molar-refractivity contribution in [3.8, 4) is 0 Å². The van der Waals surface area contributed by atoms with Crippen molar-refractivity contribution in [3.63, 3.8) is 0 Å². The molecule has 1 saturated carbocycles. The van der Waals surface area contributed by atoms with Crippen LogP contribution < -0.4 is 31.9 Å². The lowest BCUT2D eigenvalue weighted by Crippen LogP contribution is -2.41. The fourth-order valence-corrected chi connectivity index (χ4v) is 12.7. The van der Waals surface area contributed by atoms with Crippen LogP contribution in [0.3, 0.4) is 0 Å². The van der Waals surface area contributed by atoms with Gasteiger partial charge in [0.05, 0.1) is 99.5 Å². The average molecular weight is 1590 g/mol. The number of aliphatic hydroxyl groups excluding tert-OH is 1. The summed E-state index contributed by atoms with van der Waals surface area (Å²) in [6.45, 7) is 4.41. The van der Waals surface area contributed by atoms with Crippen molar-refractivity contribution in [3.05, 3.63) is 236 Å². The number of aromatic nitrogens is 8. The summed E-state index contributed by atoms with van der Waals surface area (Å²) in [5, 5.41) is 55.7. The van der Waals surface area contributed by atoms with Crippen LogP contribution in [0.4, 0.5) is 75.4 Å². The lowest BCUT2D eigenvalue weighted by atomic mass is 9.97. The van der Waals surface area contributed by atoms with E-state index >= 15 is 0 Å². The molecular weight excluding hydrogens is 1520 g/mol. The zero-order valence-corrected chi connectivity index (χ0v) is 60.6. The highest BCUT2D eigenvalue weighted by atomic mass is 19.2. The number of nitrogens with one attached hydrogen (secondary N) is 10. The molecule has 4 amide bonds. The summed E-state index contributed by atoms with van der Waals surface area (Å²) in [5.74, 6) is -10.7. The second-order valence-corrected chi connectivity index (χ2v) is 27.5. The van der Waals surface area contributed by atoms with Crippen molar-refractivity contribution in [2.45, 2.75) is 50.7 Å². The molecule has 115 heavy (non-hydrogen) atoms. The second kappa shape index (κ2) is 36.5. The van der Waals surface area contributed by atoms with Crippen LogP contribution in [0.15, 0.2) is 121 Å². The molecule has 11 N–H and O–H groups in total. The quantitative estimate of drug-likeness (QED) is 0.0357. The summed E-state index contributed by atoms with van der Waals surface area (Å²) >= 11 is 0. The van der Waals surface area contributed by atoms with Crippen LogP contribution in [0.25, 0.3) is 92.2 Å². The number of aromatic amines is 4. The standard InChI is InChI=1S/C21H19F3N4O2.C21H19F3N4O.C20H17F3N4O2.C20H16F3N3O/c22-15-3-1-13(9-16(15)23)2-4-18-14-10-20(17(24)11-19(14)27-26-18)25-21(29)12-28-5-7-30-8-6-28;22-15-3-1-12(9-16(15)23)2-4-18-14-10-20(17(24)11-19(14)28-27-18)26-21(29)13-5-7-25-8-6-13;21-13-3-1-10(5-14(13)22)2-4-16-12-7-18(15(23)8-17(12)27-26-16)25-20(29)19-6-11(28)9-24-19;21-14-5-3-11(7-15(14)22)4-6-17-13-9-19(16(23)10-18(13)26-25-17)24-20(27)8-12-1-2-12/h1-4,9-11H,5-8,12H2,(H,25,29)(H,26,27);1-4,9-11,13,25H,5-8H2,(H,26,29)(H,27,28);1-5,7-8,11,19,24,28H,6,9H2,(H,25,29)(H,26,27);3-7,9-10,12H,1-2,8H2,(H,24,27)(H,25,26)/b3*4-2+;6-4+/t;;11-,19+;/m..1./s1. The minimum absolute atomic E-state index is 0.0189. The fourth-order valence-electron chi connectivity index (χ4n) is 12.7. The molecule has 16 rings (SSSR count). The van der Waals surface area contributed by atoms with Crippen LogP contribution in [0, 0.1) is 81.6 Å². The number of hydrogen-bond donors (Lipinski definition) is 11. The Labute approximate surface area is 646 Å². The maximum atomic E-state index is 14.4. The number of carbonyl (C=O) groups excluding carboxylic acids is 4. The first kappa shape index (κ1) is 80.5. The third-order valence-electron chi connectivity index (χ3n) is 19.1. The number of benzene rings is 8. The number of nitrogens with zero attached hydrogens (tertiary/aromatic N) is 5. The van der Waals surface area contributed by atoms with Crippen LogP contribution >= 0.6 is 0 Å². The molecule has 0 radical (unpaired) electrons. The number of β-amino-alcohol motifs (C(OH)–C–C–N with tert-alkyl or cyclic N) is 1. The second-order valence-electron chi connectivity index (χ2n) is 27.5. The molecule has 12 aromatic rings. The molecule has 4 aliphatic rings. The van der Waals surface area contributed by atoms with Crippen LogP contribution in [-0.2, 0) is 23.9 Å². The Bertz CT molecular complexity index is 5590. The Hall–Kier alpha value is -12.6. The lowest BCUT2D eigenvalue weighted by Gasteiger charge is -2.25. The normalized spacial score (nSPS) is 16.0. The van der Waals surface area contributed by atoms with Gasteiger partial charge in [-0.25, -0.2) is 52.7 Å². The monoisotopic (exact) mass is 1590 g/mol. The van der Waals surface area contributed by atoms with Gasteiger partial charge in [-0.1, -0.05) is 48.6 Å². The first-order valence-electron chi connectivity index (χ1n) is 36.3. The van der Waals surface area contributed by atoms with E-state index in [1.54, 1.807) is 48.6 Å². The Morgan fingerprint density at radius 1 is 0.417 bits per heavy atom. The van der Waals surface area contributed by atoms with E-state index in [2.05, 4.69) is 72.7 Å². The molecule has 33 heteroatoms. The molecular formula is C82H71F12N15O6. The number of ether oxygens (including phenoxy) is 1. The van der Waals surface area contributed by atoms with Gasteiger partial charge in [-0.05, 0) is 170 Å². The summed E-state index contributed by atoms with van der Waals surface area (Å²) in [4.78, 5) is 50.9. The number of hydrogen-bond acceptors (Lipinski definition) is 13. The molecule has 21 nitrogen and oxygen atoms in total. The third-order valence-corrected chi connectivity index (χ3v) is 19.1. The summed E-state index contributed by atoms with van der Waals surface area (Å²) in [7, 11) is 0. The van der Waals surface area contributed by atoms with Gasteiger partial charge in [0.1, 0.15) is 23.3 Å². The number of piperidine rings is 1. The van der Waals surface area contributed by atoms with Crippen molar-refractivity contribution >= 4 is 139 Å². The van der Waals surface area contributed by atoms with Crippen LogP contribution in [0.1, 0.15) is 83.6 Å². The van der Waals surface area contributed by atoms with E-state index in [0.29, 0.717) is 147 Å². The number of amides is 4. The average Bonchev–Trinajstić information content (AvgIpc) is 1.69. The molecule has 594 valence electrons. The maximum Gasteiger partial charge on any atom is 0.241 e. The van der Waals surface area contributed by atoms with E-state index in [9.17, 15) is 77.0 Å². The molecule has 0 bridgehead atoms. The Morgan fingerprint density at radius 2 is 0.765 bits per heavy atom. The molecule has 4 fully saturated rings. The molecule has 2 atom stereocenters. The van der Waals surface area contributed by atoms with Crippen LogP contribution in [-0.4, -0.2) is 139 Å². The number of H-pyrrole nitrogens is 4.